The van der Waals surface area contributed by atoms with Gasteiger partial charge in [-0.05, 0) is 37.1 Å². The summed E-state index contributed by atoms with van der Waals surface area (Å²) in [5.41, 5.74) is 0.840. The number of anilines is 2. The highest BCUT2D eigenvalue weighted by molar-refractivity contribution is 6.34. The fourth-order valence-electron chi connectivity index (χ4n) is 2.65. The van der Waals surface area contributed by atoms with E-state index >= 15 is 0 Å². The molecule has 0 radical (unpaired) electrons. The fourth-order valence-corrected chi connectivity index (χ4v) is 2.89. The molecule has 0 atom stereocenters. The molecule has 6 heteroatoms. The third-order valence-corrected chi connectivity index (χ3v) is 4.17. The summed E-state index contributed by atoms with van der Waals surface area (Å²) in [6.07, 6.45) is 1.86. The van der Waals surface area contributed by atoms with Crippen LogP contribution >= 0.6 is 11.6 Å². The van der Waals surface area contributed by atoms with Crippen LogP contribution in [-0.2, 0) is 4.79 Å². The van der Waals surface area contributed by atoms with Crippen molar-refractivity contribution in [1.82, 2.24) is 0 Å². The average molecular weight is 347 g/mol. The fraction of sp³-hybridized carbons (Fsp3) is 0.222. The second-order valence-corrected chi connectivity index (χ2v) is 6.10. The van der Waals surface area contributed by atoms with E-state index in [1.54, 1.807) is 29.2 Å². The van der Waals surface area contributed by atoms with Crippen LogP contribution < -0.4 is 10.2 Å². The molecule has 4 nitrogen and oxygen atoms in total. The van der Waals surface area contributed by atoms with Crippen molar-refractivity contribution in [2.45, 2.75) is 25.8 Å². The van der Waals surface area contributed by atoms with E-state index < -0.39 is 11.7 Å². The van der Waals surface area contributed by atoms with E-state index in [-0.39, 0.29) is 22.5 Å². The molecule has 24 heavy (non-hydrogen) atoms. The molecule has 1 aliphatic rings. The molecule has 1 N–H and O–H groups in total. The van der Waals surface area contributed by atoms with Crippen LogP contribution in [0.2, 0.25) is 5.02 Å². The maximum Gasteiger partial charge on any atom is 0.260 e. The monoisotopic (exact) mass is 346 g/mol. The molecule has 2 aromatic rings. The number of rotatable bonds is 4. The van der Waals surface area contributed by atoms with Crippen LogP contribution in [0.4, 0.5) is 15.8 Å². The Kier molecular flexibility index (Phi) is 4.53. The molecule has 1 saturated carbocycles. The van der Waals surface area contributed by atoms with Gasteiger partial charge < -0.3 is 10.2 Å². The number of hydrogen-bond acceptors (Lipinski definition) is 2. The summed E-state index contributed by atoms with van der Waals surface area (Å²) in [7, 11) is 0. The average Bonchev–Trinajstić information content (AvgIpc) is 3.33. The lowest BCUT2D eigenvalue weighted by Crippen LogP contribution is -2.31. The molecule has 0 aromatic heterocycles. The van der Waals surface area contributed by atoms with Crippen molar-refractivity contribution >= 4 is 34.8 Å². The molecule has 0 unspecified atom stereocenters. The molecule has 1 fully saturated rings. The largest absolute Gasteiger partial charge is 0.320 e. The quantitative estimate of drug-likeness (QED) is 0.899. The highest BCUT2D eigenvalue weighted by atomic mass is 35.5. The molecule has 0 saturated heterocycles. The highest BCUT2D eigenvalue weighted by Crippen LogP contribution is 2.36. The van der Waals surface area contributed by atoms with Crippen LogP contribution in [0.15, 0.2) is 42.5 Å². The van der Waals surface area contributed by atoms with Crippen LogP contribution in [0.3, 0.4) is 0 Å². The summed E-state index contributed by atoms with van der Waals surface area (Å²) in [5.74, 6) is -1.43. The minimum atomic E-state index is -0.692. The first-order valence-electron chi connectivity index (χ1n) is 7.63. The van der Waals surface area contributed by atoms with Gasteiger partial charge >= 0.3 is 0 Å². The van der Waals surface area contributed by atoms with E-state index in [1.807, 2.05) is 0 Å². The number of benzene rings is 2. The van der Waals surface area contributed by atoms with Crippen molar-refractivity contribution in [2.75, 3.05) is 10.2 Å². The minimum Gasteiger partial charge on any atom is -0.320 e. The normalized spacial score (nSPS) is 13.5. The number of carbonyl (C=O) groups is 2. The van der Waals surface area contributed by atoms with Crippen LogP contribution in [0, 0.1) is 5.82 Å². The third kappa shape index (κ3) is 3.26. The molecule has 2 amide bonds. The van der Waals surface area contributed by atoms with Gasteiger partial charge in [0.2, 0.25) is 5.91 Å². The summed E-state index contributed by atoms with van der Waals surface area (Å²) in [4.78, 5) is 26.1. The predicted molar refractivity (Wildman–Crippen MR) is 92.0 cm³/mol. The number of amides is 2. The second-order valence-electron chi connectivity index (χ2n) is 5.69. The first-order chi connectivity index (χ1) is 11.5. The number of nitrogens with one attached hydrogen (secondary N) is 1. The Morgan fingerprint density at radius 1 is 1.17 bits per heavy atom. The standard InChI is InChI=1S/C18H16ClFN2O2/c1-11(23)22(12-9-10-12)16-8-3-2-7-15(16)21-18(24)17-13(19)5-4-6-14(17)20/h2-8,12H,9-10H2,1H3,(H,21,24). The van der Waals surface area contributed by atoms with E-state index in [0.29, 0.717) is 11.4 Å². The second kappa shape index (κ2) is 6.61. The van der Waals surface area contributed by atoms with Crippen molar-refractivity contribution in [2.24, 2.45) is 0 Å². The highest BCUT2D eigenvalue weighted by Gasteiger charge is 2.33. The van der Waals surface area contributed by atoms with Gasteiger partial charge in [0.25, 0.3) is 5.91 Å². The SMILES string of the molecule is CC(=O)N(c1ccccc1NC(=O)c1c(F)cccc1Cl)C1CC1. The van der Waals surface area contributed by atoms with Gasteiger partial charge in [0.1, 0.15) is 5.82 Å². The molecule has 0 aliphatic heterocycles. The minimum absolute atomic E-state index is 0.0376. The molecular formula is C18H16ClFN2O2. The summed E-state index contributed by atoms with van der Waals surface area (Å²) in [6, 6.07) is 11.2. The van der Waals surface area contributed by atoms with Gasteiger partial charge in [0.05, 0.1) is 22.0 Å². The van der Waals surface area contributed by atoms with E-state index in [9.17, 15) is 14.0 Å². The Morgan fingerprint density at radius 2 is 1.88 bits per heavy atom. The van der Waals surface area contributed by atoms with E-state index in [1.165, 1.54) is 25.1 Å². The van der Waals surface area contributed by atoms with Gasteiger partial charge in [-0.1, -0.05) is 29.8 Å². The lowest BCUT2D eigenvalue weighted by atomic mass is 10.1. The lowest BCUT2D eigenvalue weighted by molar-refractivity contribution is -0.116. The van der Waals surface area contributed by atoms with Gasteiger partial charge in [0.15, 0.2) is 0 Å². The Balaban J connectivity index is 1.93. The van der Waals surface area contributed by atoms with E-state index in [0.717, 1.165) is 12.8 Å². The maximum atomic E-state index is 13.9. The molecular weight excluding hydrogens is 331 g/mol. The summed E-state index contributed by atoms with van der Waals surface area (Å²) < 4.78 is 13.9. The van der Waals surface area contributed by atoms with Gasteiger partial charge in [-0.15, -0.1) is 0 Å². The molecule has 0 spiro atoms. The molecule has 3 rings (SSSR count). The van der Waals surface area contributed by atoms with Crippen molar-refractivity contribution in [3.05, 3.63) is 58.9 Å². The number of nitrogens with zero attached hydrogens (tertiary/aromatic N) is 1. The zero-order valence-electron chi connectivity index (χ0n) is 13.1. The first-order valence-corrected chi connectivity index (χ1v) is 8.01. The van der Waals surface area contributed by atoms with Crippen molar-refractivity contribution in [3.8, 4) is 0 Å². The van der Waals surface area contributed by atoms with Gasteiger partial charge in [-0.25, -0.2) is 4.39 Å². The molecule has 124 valence electrons. The van der Waals surface area contributed by atoms with Crippen LogP contribution in [0.1, 0.15) is 30.1 Å². The lowest BCUT2D eigenvalue weighted by Gasteiger charge is -2.24. The van der Waals surface area contributed by atoms with Crippen molar-refractivity contribution in [3.63, 3.8) is 0 Å². The predicted octanol–water partition coefficient (Wildman–Crippen LogP) is 4.25. The van der Waals surface area contributed by atoms with Crippen LogP contribution in [0.5, 0.6) is 0 Å². The molecule has 0 bridgehead atoms. The maximum absolute atomic E-state index is 13.9. The third-order valence-electron chi connectivity index (χ3n) is 3.85. The molecule has 2 aromatic carbocycles. The Morgan fingerprint density at radius 3 is 2.50 bits per heavy atom. The Hall–Kier alpha value is -2.40. The smallest absolute Gasteiger partial charge is 0.260 e. The Labute approximate surface area is 144 Å². The zero-order chi connectivity index (χ0) is 17.3. The molecule has 0 heterocycles. The molecule has 1 aliphatic carbocycles. The Bertz CT molecular complexity index is 785. The van der Waals surface area contributed by atoms with Gasteiger partial charge in [-0.3, -0.25) is 9.59 Å². The summed E-state index contributed by atoms with van der Waals surface area (Å²) in [5, 5.41) is 2.71. The van der Waals surface area contributed by atoms with Crippen LogP contribution in [-0.4, -0.2) is 17.9 Å². The number of hydrogen-bond donors (Lipinski definition) is 1. The van der Waals surface area contributed by atoms with Gasteiger partial charge in [-0.2, -0.15) is 0 Å². The number of halogens is 2. The van der Waals surface area contributed by atoms with Crippen molar-refractivity contribution < 1.29 is 14.0 Å². The topological polar surface area (TPSA) is 49.4 Å². The van der Waals surface area contributed by atoms with E-state index in [2.05, 4.69) is 5.32 Å². The number of para-hydroxylation sites is 2. The summed E-state index contributed by atoms with van der Waals surface area (Å²) >= 11 is 5.94. The number of carbonyl (C=O) groups excluding carboxylic acids is 2. The van der Waals surface area contributed by atoms with Crippen molar-refractivity contribution in [1.29, 1.82) is 0 Å². The van der Waals surface area contributed by atoms with Gasteiger partial charge in [0, 0.05) is 13.0 Å². The zero-order valence-corrected chi connectivity index (χ0v) is 13.8. The van der Waals surface area contributed by atoms with Crippen LogP contribution in [0.25, 0.3) is 0 Å². The summed E-state index contributed by atoms with van der Waals surface area (Å²) in [6.45, 7) is 1.49. The van der Waals surface area contributed by atoms with E-state index in [4.69, 9.17) is 11.6 Å². The first kappa shape index (κ1) is 16.5.